The number of anilines is 1. The lowest BCUT2D eigenvalue weighted by atomic mass is 9.49. The van der Waals surface area contributed by atoms with Crippen molar-refractivity contribution in [3.63, 3.8) is 0 Å². The Balaban J connectivity index is 0.948. The number of hydrogen-bond donors (Lipinski definition) is 2. The van der Waals surface area contributed by atoms with Crippen LogP contribution in [0.5, 0.6) is 5.75 Å². The maximum absolute atomic E-state index is 13.7. The summed E-state index contributed by atoms with van der Waals surface area (Å²) >= 11 is 0. The molecule has 8 nitrogen and oxygen atoms in total. The summed E-state index contributed by atoms with van der Waals surface area (Å²) in [5, 5.41) is 21.5. The molecule has 0 unspecified atom stereocenters. The Morgan fingerprint density at radius 3 is 2.23 bits per heavy atom. The molecule has 1 saturated heterocycles. The lowest BCUT2D eigenvalue weighted by Gasteiger charge is -2.56. The molecular weight excluding hydrogens is 569 g/mol. The number of nitrogens with zero attached hydrogens (tertiary/aromatic N) is 5. The first kappa shape index (κ1) is 29.0. The number of benzene rings is 1. The highest BCUT2D eigenvalue weighted by atomic mass is 19.4. The van der Waals surface area contributed by atoms with Crippen molar-refractivity contribution >= 4 is 11.7 Å². The molecule has 11 heteroatoms. The Morgan fingerprint density at radius 2 is 1.61 bits per heavy atom. The SMILES string of the molecule is O=C(NCC12CC3CC(CC(C3)C1)C2)c1ccc(N2CCN(Cc3cc(-c4cncc(O)c4)cc(C(F)(F)F)c3)CC2)nn1. The third-order valence-electron chi connectivity index (χ3n) is 10.2. The fourth-order valence-corrected chi connectivity index (χ4v) is 8.57. The maximum Gasteiger partial charge on any atom is 0.416 e. The second-order valence-electron chi connectivity index (χ2n) is 13.5. The second-order valence-corrected chi connectivity index (χ2v) is 13.5. The average Bonchev–Trinajstić information content (AvgIpc) is 2.99. The molecule has 1 aromatic carbocycles. The summed E-state index contributed by atoms with van der Waals surface area (Å²) in [4.78, 5) is 21.0. The molecule has 4 aliphatic carbocycles. The van der Waals surface area contributed by atoms with E-state index in [9.17, 15) is 23.1 Å². The van der Waals surface area contributed by atoms with E-state index >= 15 is 0 Å². The number of alkyl halides is 3. The number of hydrogen-bond acceptors (Lipinski definition) is 7. The van der Waals surface area contributed by atoms with Gasteiger partial charge in [-0.1, -0.05) is 0 Å². The molecule has 2 aromatic heterocycles. The molecule has 4 saturated carbocycles. The van der Waals surface area contributed by atoms with Gasteiger partial charge >= 0.3 is 6.18 Å². The Hall–Kier alpha value is -3.73. The number of aromatic nitrogens is 3. The van der Waals surface area contributed by atoms with Gasteiger partial charge in [-0.25, -0.2) is 0 Å². The molecule has 232 valence electrons. The molecule has 3 aromatic rings. The predicted molar refractivity (Wildman–Crippen MR) is 159 cm³/mol. The number of amides is 1. The van der Waals surface area contributed by atoms with Crippen molar-refractivity contribution in [2.45, 2.75) is 51.2 Å². The minimum Gasteiger partial charge on any atom is -0.506 e. The van der Waals surface area contributed by atoms with E-state index in [0.717, 1.165) is 30.4 Å². The first-order chi connectivity index (χ1) is 21.1. The van der Waals surface area contributed by atoms with Crippen molar-refractivity contribution in [2.24, 2.45) is 23.2 Å². The molecule has 5 fully saturated rings. The Morgan fingerprint density at radius 1 is 0.909 bits per heavy atom. The lowest BCUT2D eigenvalue weighted by molar-refractivity contribution is -0.137. The van der Waals surface area contributed by atoms with Crippen LogP contribution in [0.3, 0.4) is 0 Å². The van der Waals surface area contributed by atoms with Crippen LogP contribution in [0.25, 0.3) is 11.1 Å². The van der Waals surface area contributed by atoms with Crippen molar-refractivity contribution in [1.82, 2.24) is 25.4 Å². The van der Waals surface area contributed by atoms with Gasteiger partial charge in [-0.3, -0.25) is 14.7 Å². The molecule has 1 aliphatic heterocycles. The van der Waals surface area contributed by atoms with Gasteiger partial charge in [0.1, 0.15) is 5.75 Å². The topological polar surface area (TPSA) is 94.5 Å². The number of nitrogens with one attached hydrogen (secondary N) is 1. The highest BCUT2D eigenvalue weighted by Crippen LogP contribution is 2.59. The quantitative estimate of drug-likeness (QED) is 0.365. The second kappa shape index (κ2) is 11.3. The summed E-state index contributed by atoms with van der Waals surface area (Å²) in [7, 11) is 0. The van der Waals surface area contributed by atoms with Gasteiger partial charge in [0.05, 0.1) is 11.8 Å². The zero-order valence-corrected chi connectivity index (χ0v) is 24.6. The smallest absolute Gasteiger partial charge is 0.416 e. The maximum atomic E-state index is 13.7. The number of piperazine rings is 1. The monoisotopic (exact) mass is 606 g/mol. The summed E-state index contributed by atoms with van der Waals surface area (Å²) < 4.78 is 41.1. The third-order valence-corrected chi connectivity index (χ3v) is 10.2. The molecule has 3 heterocycles. The highest BCUT2D eigenvalue weighted by molar-refractivity contribution is 5.92. The van der Waals surface area contributed by atoms with Crippen LogP contribution >= 0.6 is 0 Å². The normalized spacial score (nSPS) is 26.6. The molecular formula is C33H37F3N6O2. The van der Waals surface area contributed by atoms with Crippen LogP contribution in [0.1, 0.15) is 60.1 Å². The van der Waals surface area contributed by atoms with E-state index in [2.05, 4.69) is 30.3 Å². The minimum atomic E-state index is -4.50. The van der Waals surface area contributed by atoms with Gasteiger partial charge in [-0.15, -0.1) is 10.2 Å². The number of halogens is 3. The number of pyridine rings is 1. The van der Waals surface area contributed by atoms with Gasteiger partial charge in [0.25, 0.3) is 5.91 Å². The molecule has 0 spiro atoms. The fraction of sp³-hybridized carbons (Fsp3) is 0.515. The van der Waals surface area contributed by atoms with Crippen LogP contribution in [0.2, 0.25) is 0 Å². The van der Waals surface area contributed by atoms with Crippen LogP contribution in [0.4, 0.5) is 19.0 Å². The Kier molecular flexibility index (Phi) is 7.46. The van der Waals surface area contributed by atoms with Crippen molar-refractivity contribution in [1.29, 1.82) is 0 Å². The molecule has 4 bridgehead atoms. The van der Waals surface area contributed by atoms with Gasteiger partial charge in [0.2, 0.25) is 0 Å². The largest absolute Gasteiger partial charge is 0.506 e. The standard InChI is InChI=1S/C33H37F3N6O2/c34-33(35,36)27-11-24(10-25(12-27)26-13-28(43)18-37-17-26)19-41-3-5-42(6-4-41)30-2-1-29(39-40-30)31(44)38-20-32-14-21-7-22(15-32)9-23(8-21)16-32/h1-2,10-13,17-18,21-23,43H,3-9,14-16,19-20H2,(H,38,44). The molecule has 5 aliphatic rings. The molecule has 8 rings (SSSR count). The zero-order chi connectivity index (χ0) is 30.5. The van der Waals surface area contributed by atoms with E-state index in [1.165, 1.54) is 63.1 Å². The lowest BCUT2D eigenvalue weighted by Crippen LogP contribution is -2.51. The highest BCUT2D eigenvalue weighted by Gasteiger charge is 2.50. The molecule has 44 heavy (non-hydrogen) atoms. The van der Waals surface area contributed by atoms with Crippen LogP contribution in [-0.2, 0) is 12.7 Å². The fourth-order valence-electron chi connectivity index (χ4n) is 8.57. The summed E-state index contributed by atoms with van der Waals surface area (Å²) in [5.74, 6) is 2.91. The Bertz CT molecular complexity index is 1490. The summed E-state index contributed by atoms with van der Waals surface area (Å²) in [6, 6.07) is 8.95. The Labute approximate surface area is 254 Å². The van der Waals surface area contributed by atoms with E-state index in [-0.39, 0.29) is 17.1 Å². The van der Waals surface area contributed by atoms with E-state index < -0.39 is 11.7 Å². The molecule has 1 amide bonds. The van der Waals surface area contributed by atoms with Gasteiger partial charge < -0.3 is 15.3 Å². The van der Waals surface area contributed by atoms with Gasteiger partial charge in [-0.2, -0.15) is 13.2 Å². The molecule has 0 radical (unpaired) electrons. The summed E-state index contributed by atoms with van der Waals surface area (Å²) in [5.41, 5.74) is 1.16. The van der Waals surface area contributed by atoms with Gasteiger partial charge in [0, 0.05) is 51.0 Å². The van der Waals surface area contributed by atoms with E-state index in [0.29, 0.717) is 60.9 Å². The van der Waals surface area contributed by atoms with Crippen LogP contribution in [-0.4, -0.2) is 63.8 Å². The van der Waals surface area contributed by atoms with Crippen molar-refractivity contribution in [2.75, 3.05) is 37.6 Å². The van der Waals surface area contributed by atoms with Crippen LogP contribution in [0, 0.1) is 23.2 Å². The predicted octanol–water partition coefficient (Wildman–Crippen LogP) is 5.53. The summed E-state index contributed by atoms with van der Waals surface area (Å²) in [6.45, 7) is 3.61. The van der Waals surface area contributed by atoms with Crippen molar-refractivity contribution in [3.05, 3.63) is 65.6 Å². The number of carbonyl (C=O) groups excluding carboxylic acids is 1. The number of rotatable bonds is 7. The van der Waals surface area contributed by atoms with E-state index in [1.807, 2.05) is 6.07 Å². The third kappa shape index (κ3) is 6.11. The summed E-state index contributed by atoms with van der Waals surface area (Å²) in [6.07, 6.45) is 6.02. The van der Waals surface area contributed by atoms with Crippen molar-refractivity contribution < 1.29 is 23.1 Å². The number of carbonyl (C=O) groups is 1. The molecule has 0 atom stereocenters. The van der Waals surface area contributed by atoms with Crippen LogP contribution < -0.4 is 10.2 Å². The minimum absolute atomic E-state index is 0.105. The first-order valence-electron chi connectivity index (χ1n) is 15.6. The average molecular weight is 607 g/mol. The van der Waals surface area contributed by atoms with E-state index in [4.69, 9.17) is 0 Å². The number of aromatic hydroxyl groups is 1. The molecule has 2 N–H and O–H groups in total. The van der Waals surface area contributed by atoms with Gasteiger partial charge in [0.15, 0.2) is 11.5 Å². The van der Waals surface area contributed by atoms with Crippen molar-refractivity contribution in [3.8, 4) is 16.9 Å². The van der Waals surface area contributed by atoms with E-state index in [1.54, 1.807) is 12.1 Å². The zero-order valence-electron chi connectivity index (χ0n) is 24.6. The van der Waals surface area contributed by atoms with Gasteiger partial charge in [-0.05, 0) is 109 Å². The van der Waals surface area contributed by atoms with Crippen LogP contribution in [0.15, 0.2) is 48.8 Å². The first-order valence-corrected chi connectivity index (χ1v) is 15.6.